The Morgan fingerprint density at radius 3 is 2.69 bits per heavy atom. The van der Waals surface area contributed by atoms with Crippen molar-refractivity contribution < 1.29 is 19.0 Å². The van der Waals surface area contributed by atoms with E-state index >= 15 is 0 Å². The summed E-state index contributed by atoms with van der Waals surface area (Å²) in [5, 5.41) is 5.82. The molecule has 1 aromatic heterocycles. The standard InChI is InChI=1S/C24H27N3O4S/c1-29-21-8-7-17(13-22(21)30-2)24-25-19(16-32-24)14-23(28)26-20-6-4-3-5-18(20)15-27-9-11-31-12-10-27/h3-8,13,16H,9-12,14-15H2,1-2H3,(H,26,28). The fourth-order valence-corrected chi connectivity index (χ4v) is 4.45. The number of ether oxygens (including phenoxy) is 3. The fourth-order valence-electron chi connectivity index (χ4n) is 3.63. The number of anilines is 1. The molecule has 168 valence electrons. The molecule has 0 spiro atoms. The molecule has 1 fully saturated rings. The minimum absolute atomic E-state index is 0.0800. The summed E-state index contributed by atoms with van der Waals surface area (Å²) >= 11 is 1.50. The number of morpholine rings is 1. The zero-order chi connectivity index (χ0) is 22.3. The molecule has 0 unspecified atom stereocenters. The van der Waals surface area contributed by atoms with Crippen molar-refractivity contribution in [1.29, 1.82) is 0 Å². The van der Waals surface area contributed by atoms with Crippen molar-refractivity contribution >= 4 is 22.9 Å². The highest BCUT2D eigenvalue weighted by molar-refractivity contribution is 7.13. The molecule has 0 bridgehead atoms. The Morgan fingerprint density at radius 1 is 1.12 bits per heavy atom. The Labute approximate surface area is 191 Å². The predicted molar refractivity (Wildman–Crippen MR) is 126 cm³/mol. The first-order chi connectivity index (χ1) is 15.7. The largest absolute Gasteiger partial charge is 0.493 e. The molecule has 1 aliphatic heterocycles. The van der Waals surface area contributed by atoms with Gasteiger partial charge in [-0.05, 0) is 29.8 Å². The minimum atomic E-state index is -0.0800. The molecule has 1 amide bonds. The van der Waals surface area contributed by atoms with E-state index in [0.717, 1.165) is 60.4 Å². The second-order valence-corrected chi connectivity index (χ2v) is 8.34. The third-order valence-electron chi connectivity index (χ3n) is 5.31. The van der Waals surface area contributed by atoms with Crippen LogP contribution in [-0.4, -0.2) is 56.3 Å². The van der Waals surface area contributed by atoms with Crippen molar-refractivity contribution in [2.45, 2.75) is 13.0 Å². The van der Waals surface area contributed by atoms with Gasteiger partial charge in [0.1, 0.15) is 5.01 Å². The fraction of sp³-hybridized carbons (Fsp3) is 0.333. The van der Waals surface area contributed by atoms with E-state index in [1.807, 2.05) is 41.8 Å². The van der Waals surface area contributed by atoms with Crippen LogP contribution in [0.2, 0.25) is 0 Å². The number of aromatic nitrogens is 1. The van der Waals surface area contributed by atoms with E-state index < -0.39 is 0 Å². The van der Waals surface area contributed by atoms with Gasteiger partial charge in [-0.25, -0.2) is 4.98 Å². The van der Waals surface area contributed by atoms with Gasteiger partial charge < -0.3 is 19.5 Å². The van der Waals surface area contributed by atoms with Crippen LogP contribution in [0.3, 0.4) is 0 Å². The number of rotatable bonds is 8. The molecule has 2 aromatic carbocycles. The Morgan fingerprint density at radius 2 is 1.91 bits per heavy atom. The van der Waals surface area contributed by atoms with E-state index in [2.05, 4.69) is 21.3 Å². The van der Waals surface area contributed by atoms with Crippen molar-refractivity contribution in [3.05, 3.63) is 59.1 Å². The lowest BCUT2D eigenvalue weighted by Gasteiger charge is -2.27. The van der Waals surface area contributed by atoms with E-state index in [4.69, 9.17) is 14.2 Å². The number of nitrogens with one attached hydrogen (secondary N) is 1. The maximum absolute atomic E-state index is 12.7. The summed E-state index contributed by atoms with van der Waals surface area (Å²) in [5.74, 6) is 1.24. The van der Waals surface area contributed by atoms with Gasteiger partial charge in [0.05, 0.1) is 39.5 Å². The molecule has 32 heavy (non-hydrogen) atoms. The van der Waals surface area contributed by atoms with Crippen LogP contribution in [0.1, 0.15) is 11.3 Å². The normalized spacial score (nSPS) is 14.2. The van der Waals surface area contributed by atoms with Crippen LogP contribution >= 0.6 is 11.3 Å². The zero-order valence-corrected chi connectivity index (χ0v) is 19.1. The molecule has 4 rings (SSSR count). The molecule has 8 heteroatoms. The first-order valence-corrected chi connectivity index (χ1v) is 11.4. The van der Waals surface area contributed by atoms with Crippen LogP contribution in [0.4, 0.5) is 5.69 Å². The predicted octanol–water partition coefficient (Wildman–Crippen LogP) is 3.84. The molecular weight excluding hydrogens is 426 g/mol. The molecule has 0 saturated carbocycles. The van der Waals surface area contributed by atoms with Crippen LogP contribution < -0.4 is 14.8 Å². The van der Waals surface area contributed by atoms with E-state index in [1.54, 1.807) is 14.2 Å². The van der Waals surface area contributed by atoms with E-state index in [-0.39, 0.29) is 12.3 Å². The van der Waals surface area contributed by atoms with E-state index in [1.165, 1.54) is 11.3 Å². The lowest BCUT2D eigenvalue weighted by atomic mass is 10.1. The molecule has 0 radical (unpaired) electrons. The number of thiazole rings is 1. The van der Waals surface area contributed by atoms with Gasteiger partial charge in [0.15, 0.2) is 11.5 Å². The number of carbonyl (C=O) groups is 1. The minimum Gasteiger partial charge on any atom is -0.493 e. The number of hydrogen-bond donors (Lipinski definition) is 1. The highest BCUT2D eigenvalue weighted by Gasteiger charge is 2.15. The molecule has 1 saturated heterocycles. The average molecular weight is 454 g/mol. The number of amides is 1. The van der Waals surface area contributed by atoms with Crippen molar-refractivity contribution in [2.75, 3.05) is 45.8 Å². The Hall–Kier alpha value is -2.94. The second kappa shape index (κ2) is 10.6. The summed E-state index contributed by atoms with van der Waals surface area (Å²) in [6.07, 6.45) is 0.218. The van der Waals surface area contributed by atoms with Crippen LogP contribution in [-0.2, 0) is 22.5 Å². The van der Waals surface area contributed by atoms with Crippen molar-refractivity contribution in [3.63, 3.8) is 0 Å². The number of methoxy groups -OCH3 is 2. The van der Waals surface area contributed by atoms with E-state index in [0.29, 0.717) is 11.5 Å². The average Bonchev–Trinajstić information content (AvgIpc) is 3.29. The third-order valence-corrected chi connectivity index (χ3v) is 6.25. The number of carbonyl (C=O) groups excluding carboxylic acids is 1. The Bertz CT molecular complexity index is 1060. The lowest BCUT2D eigenvalue weighted by Crippen LogP contribution is -2.35. The molecule has 2 heterocycles. The number of hydrogen-bond acceptors (Lipinski definition) is 7. The Kier molecular flexibility index (Phi) is 7.36. The van der Waals surface area contributed by atoms with Crippen molar-refractivity contribution in [3.8, 4) is 22.1 Å². The molecule has 3 aromatic rings. The quantitative estimate of drug-likeness (QED) is 0.559. The molecular formula is C24H27N3O4S. The summed E-state index contributed by atoms with van der Waals surface area (Å²) in [5.41, 5.74) is 3.62. The highest BCUT2D eigenvalue weighted by atomic mass is 32.1. The van der Waals surface area contributed by atoms with Gasteiger partial charge in [-0.15, -0.1) is 11.3 Å². The van der Waals surface area contributed by atoms with Gasteiger partial charge in [-0.1, -0.05) is 18.2 Å². The molecule has 1 aliphatic rings. The van der Waals surface area contributed by atoms with Gasteiger partial charge >= 0.3 is 0 Å². The van der Waals surface area contributed by atoms with Gasteiger partial charge in [0.2, 0.25) is 5.91 Å². The van der Waals surface area contributed by atoms with Crippen LogP contribution in [0, 0.1) is 0 Å². The summed E-state index contributed by atoms with van der Waals surface area (Å²) in [6, 6.07) is 13.6. The maximum Gasteiger partial charge on any atom is 0.230 e. The SMILES string of the molecule is COc1ccc(-c2nc(CC(=O)Nc3ccccc3CN3CCOCC3)cs2)cc1OC. The van der Waals surface area contributed by atoms with Gasteiger partial charge in [0.25, 0.3) is 0 Å². The first-order valence-electron chi connectivity index (χ1n) is 10.5. The van der Waals surface area contributed by atoms with Crippen LogP contribution in [0.15, 0.2) is 47.8 Å². The van der Waals surface area contributed by atoms with Crippen molar-refractivity contribution in [1.82, 2.24) is 9.88 Å². The number of nitrogens with zero attached hydrogens (tertiary/aromatic N) is 2. The van der Waals surface area contributed by atoms with E-state index in [9.17, 15) is 4.79 Å². The van der Waals surface area contributed by atoms with Gasteiger partial charge in [-0.2, -0.15) is 0 Å². The van der Waals surface area contributed by atoms with Crippen LogP contribution in [0.5, 0.6) is 11.5 Å². The first kappa shape index (κ1) is 22.3. The molecule has 0 aliphatic carbocycles. The smallest absolute Gasteiger partial charge is 0.230 e. The topological polar surface area (TPSA) is 72.9 Å². The lowest BCUT2D eigenvalue weighted by molar-refractivity contribution is -0.115. The molecule has 0 atom stereocenters. The number of para-hydroxylation sites is 1. The second-order valence-electron chi connectivity index (χ2n) is 7.48. The van der Waals surface area contributed by atoms with Crippen LogP contribution in [0.25, 0.3) is 10.6 Å². The maximum atomic E-state index is 12.7. The number of benzene rings is 2. The van der Waals surface area contributed by atoms with Gasteiger partial charge in [0, 0.05) is 36.3 Å². The summed E-state index contributed by atoms with van der Waals surface area (Å²) < 4.78 is 16.1. The molecule has 1 N–H and O–H groups in total. The summed E-state index contributed by atoms with van der Waals surface area (Å²) in [7, 11) is 3.22. The van der Waals surface area contributed by atoms with Crippen molar-refractivity contribution in [2.24, 2.45) is 0 Å². The third kappa shape index (κ3) is 5.45. The summed E-state index contributed by atoms with van der Waals surface area (Å²) in [4.78, 5) is 19.7. The molecule has 7 nitrogen and oxygen atoms in total. The Balaban J connectivity index is 1.41. The highest BCUT2D eigenvalue weighted by Crippen LogP contribution is 2.33. The van der Waals surface area contributed by atoms with Gasteiger partial charge in [-0.3, -0.25) is 9.69 Å². The summed E-state index contributed by atoms with van der Waals surface area (Å²) in [6.45, 7) is 4.10. The zero-order valence-electron chi connectivity index (χ0n) is 18.3. The monoisotopic (exact) mass is 453 g/mol.